The van der Waals surface area contributed by atoms with Gasteiger partial charge in [0.15, 0.2) is 0 Å². The van der Waals surface area contributed by atoms with Gasteiger partial charge >= 0.3 is 6.09 Å². The minimum atomic E-state index is -0.971. The highest BCUT2D eigenvalue weighted by atomic mass is 79.9. The highest BCUT2D eigenvalue weighted by Gasteiger charge is 2.07. The van der Waals surface area contributed by atoms with Crippen LogP contribution in [0.25, 0.3) is 0 Å². The van der Waals surface area contributed by atoms with Crippen molar-refractivity contribution in [2.45, 2.75) is 0 Å². The maximum absolute atomic E-state index is 12.8. The molecule has 12 heavy (non-hydrogen) atoms. The maximum Gasteiger partial charge on any atom is 0.410 e. The molecular formula is C7H5BrFNO2. The molecule has 1 rings (SSSR count). The lowest BCUT2D eigenvalue weighted by Crippen LogP contribution is -2.16. The van der Waals surface area contributed by atoms with E-state index in [0.29, 0.717) is 0 Å². The number of primary amides is 1. The number of halogens is 2. The number of rotatable bonds is 1. The van der Waals surface area contributed by atoms with Gasteiger partial charge in [-0.05, 0) is 28.1 Å². The third kappa shape index (κ3) is 1.94. The molecule has 5 heteroatoms. The number of benzene rings is 1. The van der Waals surface area contributed by atoms with Crippen LogP contribution in [0.1, 0.15) is 0 Å². The molecular weight excluding hydrogens is 229 g/mol. The number of carbonyl (C=O) groups excluding carboxylic acids is 1. The van der Waals surface area contributed by atoms with E-state index in [1.54, 1.807) is 0 Å². The topological polar surface area (TPSA) is 52.3 Å². The monoisotopic (exact) mass is 233 g/mol. The van der Waals surface area contributed by atoms with Crippen molar-refractivity contribution >= 4 is 22.0 Å². The van der Waals surface area contributed by atoms with Gasteiger partial charge in [0.1, 0.15) is 11.6 Å². The first-order valence-corrected chi connectivity index (χ1v) is 3.82. The summed E-state index contributed by atoms with van der Waals surface area (Å²) >= 11 is 2.90. The molecule has 0 unspecified atom stereocenters. The fourth-order valence-corrected chi connectivity index (χ4v) is 1.02. The van der Waals surface area contributed by atoms with Crippen LogP contribution in [0.5, 0.6) is 5.75 Å². The van der Waals surface area contributed by atoms with E-state index in [1.807, 2.05) is 0 Å². The summed E-state index contributed by atoms with van der Waals surface area (Å²) in [6.45, 7) is 0. The SMILES string of the molecule is NC(=O)Oc1cccc(F)c1Br. The number of carbonyl (C=O) groups is 1. The summed E-state index contributed by atoms with van der Waals surface area (Å²) in [6.07, 6.45) is -0.971. The Labute approximate surface area is 76.4 Å². The molecule has 64 valence electrons. The summed E-state index contributed by atoms with van der Waals surface area (Å²) in [6, 6.07) is 4.08. The third-order valence-corrected chi connectivity index (χ3v) is 1.90. The Kier molecular flexibility index (Phi) is 2.65. The van der Waals surface area contributed by atoms with Crippen molar-refractivity contribution in [3.8, 4) is 5.75 Å². The first kappa shape index (κ1) is 8.99. The van der Waals surface area contributed by atoms with Crippen LogP contribution >= 0.6 is 15.9 Å². The van der Waals surface area contributed by atoms with E-state index in [2.05, 4.69) is 20.7 Å². The highest BCUT2D eigenvalue weighted by Crippen LogP contribution is 2.26. The maximum atomic E-state index is 12.8. The van der Waals surface area contributed by atoms with E-state index in [-0.39, 0.29) is 10.2 Å². The zero-order chi connectivity index (χ0) is 9.14. The Morgan fingerprint density at radius 1 is 1.58 bits per heavy atom. The first-order valence-electron chi connectivity index (χ1n) is 3.02. The second-order valence-corrected chi connectivity index (χ2v) is 2.77. The van der Waals surface area contributed by atoms with Crippen LogP contribution < -0.4 is 10.5 Å². The van der Waals surface area contributed by atoms with Crippen molar-refractivity contribution in [1.82, 2.24) is 0 Å². The van der Waals surface area contributed by atoms with Crippen LogP contribution in [-0.4, -0.2) is 6.09 Å². The van der Waals surface area contributed by atoms with Crippen LogP contribution in [0.15, 0.2) is 22.7 Å². The molecule has 0 aliphatic rings. The Hall–Kier alpha value is -1.10. The molecule has 0 aromatic heterocycles. The molecule has 1 aromatic carbocycles. The number of hydrogen-bond acceptors (Lipinski definition) is 2. The van der Waals surface area contributed by atoms with Crippen LogP contribution in [0.4, 0.5) is 9.18 Å². The van der Waals surface area contributed by atoms with Gasteiger partial charge in [0, 0.05) is 0 Å². The third-order valence-electron chi connectivity index (χ3n) is 1.13. The normalized spacial score (nSPS) is 9.50. The molecule has 0 saturated carbocycles. The Morgan fingerprint density at radius 3 is 2.83 bits per heavy atom. The van der Waals surface area contributed by atoms with Crippen molar-refractivity contribution in [3.05, 3.63) is 28.5 Å². The van der Waals surface area contributed by atoms with Crippen molar-refractivity contribution in [1.29, 1.82) is 0 Å². The molecule has 0 aliphatic carbocycles. The molecule has 1 aromatic rings. The van der Waals surface area contributed by atoms with Crippen molar-refractivity contribution < 1.29 is 13.9 Å². The zero-order valence-electron chi connectivity index (χ0n) is 5.88. The molecule has 2 N–H and O–H groups in total. The van der Waals surface area contributed by atoms with Gasteiger partial charge in [0.25, 0.3) is 0 Å². The standard InChI is InChI=1S/C7H5BrFNO2/c8-6-4(9)2-1-3-5(6)12-7(10)11/h1-3H,(H2,10,11). The van der Waals surface area contributed by atoms with Gasteiger partial charge in [-0.25, -0.2) is 9.18 Å². The molecule has 0 saturated heterocycles. The first-order chi connectivity index (χ1) is 5.61. The summed E-state index contributed by atoms with van der Waals surface area (Å²) in [5.41, 5.74) is 4.74. The molecule has 0 radical (unpaired) electrons. The van der Waals surface area contributed by atoms with Gasteiger partial charge in [-0.15, -0.1) is 0 Å². The van der Waals surface area contributed by atoms with Crippen LogP contribution in [0.2, 0.25) is 0 Å². The van der Waals surface area contributed by atoms with E-state index >= 15 is 0 Å². The van der Waals surface area contributed by atoms with Crippen LogP contribution in [-0.2, 0) is 0 Å². The van der Waals surface area contributed by atoms with Crippen LogP contribution in [0.3, 0.4) is 0 Å². The quantitative estimate of drug-likeness (QED) is 0.808. The number of ether oxygens (including phenoxy) is 1. The highest BCUT2D eigenvalue weighted by molar-refractivity contribution is 9.10. The van der Waals surface area contributed by atoms with E-state index < -0.39 is 11.9 Å². The van der Waals surface area contributed by atoms with Crippen molar-refractivity contribution in [3.63, 3.8) is 0 Å². The lowest BCUT2D eigenvalue weighted by molar-refractivity contribution is 0.210. The van der Waals surface area contributed by atoms with Gasteiger partial charge in [0.2, 0.25) is 0 Å². The Morgan fingerprint density at radius 2 is 2.25 bits per heavy atom. The predicted molar refractivity (Wildman–Crippen MR) is 44.3 cm³/mol. The Balaban J connectivity index is 3.00. The average molecular weight is 234 g/mol. The minimum Gasteiger partial charge on any atom is -0.409 e. The molecule has 3 nitrogen and oxygen atoms in total. The fourth-order valence-electron chi connectivity index (χ4n) is 0.671. The lowest BCUT2D eigenvalue weighted by Gasteiger charge is -2.02. The molecule has 0 bridgehead atoms. The summed E-state index contributed by atoms with van der Waals surface area (Å²) in [7, 11) is 0. The molecule has 0 heterocycles. The zero-order valence-corrected chi connectivity index (χ0v) is 7.47. The van der Waals surface area contributed by atoms with Gasteiger partial charge in [-0.3, -0.25) is 0 Å². The van der Waals surface area contributed by atoms with Crippen LogP contribution in [0, 0.1) is 5.82 Å². The summed E-state index contributed by atoms with van der Waals surface area (Å²) < 4.78 is 17.3. The fraction of sp³-hybridized carbons (Fsp3) is 0. The average Bonchev–Trinajstić information content (AvgIpc) is 1.98. The van der Waals surface area contributed by atoms with E-state index in [1.165, 1.54) is 18.2 Å². The molecule has 0 spiro atoms. The van der Waals surface area contributed by atoms with E-state index in [4.69, 9.17) is 5.73 Å². The lowest BCUT2D eigenvalue weighted by atomic mass is 10.3. The predicted octanol–water partition coefficient (Wildman–Crippen LogP) is 2.05. The smallest absolute Gasteiger partial charge is 0.409 e. The number of hydrogen-bond donors (Lipinski definition) is 1. The van der Waals surface area contributed by atoms with Crippen molar-refractivity contribution in [2.75, 3.05) is 0 Å². The summed E-state index contributed by atoms with van der Waals surface area (Å²) in [5.74, 6) is -0.434. The second-order valence-electron chi connectivity index (χ2n) is 1.97. The van der Waals surface area contributed by atoms with Gasteiger partial charge in [-0.1, -0.05) is 6.07 Å². The van der Waals surface area contributed by atoms with E-state index in [9.17, 15) is 9.18 Å². The summed E-state index contributed by atoms with van der Waals surface area (Å²) in [4.78, 5) is 10.3. The minimum absolute atomic E-state index is 0.0718. The largest absolute Gasteiger partial charge is 0.410 e. The molecule has 0 aliphatic heterocycles. The second kappa shape index (κ2) is 3.53. The van der Waals surface area contributed by atoms with E-state index in [0.717, 1.165) is 0 Å². The Bertz CT molecular complexity index is 316. The van der Waals surface area contributed by atoms with Gasteiger partial charge in [-0.2, -0.15) is 0 Å². The molecule has 0 fully saturated rings. The number of nitrogens with two attached hydrogens (primary N) is 1. The summed E-state index contributed by atoms with van der Waals surface area (Å²) in [5, 5.41) is 0. The van der Waals surface area contributed by atoms with Gasteiger partial charge < -0.3 is 10.5 Å². The molecule has 1 amide bonds. The van der Waals surface area contributed by atoms with Crippen molar-refractivity contribution in [2.24, 2.45) is 5.73 Å². The molecule has 0 atom stereocenters. The van der Waals surface area contributed by atoms with Gasteiger partial charge in [0.05, 0.1) is 4.47 Å². The number of amides is 1.